The summed E-state index contributed by atoms with van der Waals surface area (Å²) < 4.78 is 5.86. The number of rotatable bonds is 19. The molecule has 0 bridgehead atoms. The van der Waals surface area contributed by atoms with Crippen molar-refractivity contribution in [3.63, 3.8) is 0 Å². The molecule has 1 aromatic carbocycles. The molecule has 6 heteroatoms. The number of anilines is 2. The van der Waals surface area contributed by atoms with E-state index in [9.17, 15) is 0 Å². The minimum atomic E-state index is 0.126. The van der Waals surface area contributed by atoms with Gasteiger partial charge in [0.15, 0.2) is 5.82 Å². The Hall–Kier alpha value is -2.37. The fraction of sp³-hybridized carbons (Fsp3) is 0.667. The van der Waals surface area contributed by atoms with E-state index in [0.29, 0.717) is 5.82 Å². The van der Waals surface area contributed by atoms with Crippen molar-refractivity contribution >= 4 is 11.9 Å². The van der Waals surface area contributed by atoms with Crippen LogP contribution in [0.15, 0.2) is 24.3 Å². The van der Waals surface area contributed by atoms with Gasteiger partial charge < -0.3 is 16.2 Å². The van der Waals surface area contributed by atoms with E-state index in [1.807, 2.05) is 24.3 Å². The van der Waals surface area contributed by atoms with Gasteiger partial charge in [0.25, 0.3) is 0 Å². The van der Waals surface area contributed by atoms with Gasteiger partial charge in [0.2, 0.25) is 11.9 Å². The Morgan fingerprint density at radius 3 is 1.45 bits per heavy atom. The maximum absolute atomic E-state index is 5.86. The van der Waals surface area contributed by atoms with Crippen LogP contribution in [0, 0.1) is 0 Å². The van der Waals surface area contributed by atoms with E-state index < -0.39 is 0 Å². The molecule has 0 aliphatic heterocycles. The van der Waals surface area contributed by atoms with Gasteiger partial charge >= 0.3 is 0 Å². The average molecular weight is 456 g/mol. The summed E-state index contributed by atoms with van der Waals surface area (Å²) in [5.74, 6) is 1.58. The third kappa shape index (κ3) is 12.4. The lowest BCUT2D eigenvalue weighted by Gasteiger charge is -2.07. The first-order chi connectivity index (χ1) is 16.2. The van der Waals surface area contributed by atoms with Gasteiger partial charge in [0.1, 0.15) is 5.75 Å². The number of unbranched alkanes of at least 4 members (excludes halogenated alkanes) is 15. The molecule has 0 saturated carbocycles. The van der Waals surface area contributed by atoms with Crippen molar-refractivity contribution in [3.05, 3.63) is 24.3 Å². The molecule has 0 aliphatic rings. The quantitative estimate of drug-likeness (QED) is 0.215. The van der Waals surface area contributed by atoms with Crippen molar-refractivity contribution < 1.29 is 4.74 Å². The summed E-state index contributed by atoms with van der Waals surface area (Å²) in [6, 6.07) is 7.68. The van der Waals surface area contributed by atoms with Crippen LogP contribution in [-0.2, 0) is 0 Å². The second-order valence-electron chi connectivity index (χ2n) is 9.05. The first kappa shape index (κ1) is 26.9. The fourth-order valence-corrected chi connectivity index (χ4v) is 4.08. The van der Waals surface area contributed by atoms with Crippen LogP contribution in [0.4, 0.5) is 11.9 Å². The number of nitrogens with two attached hydrogens (primary N) is 2. The Labute approximate surface area is 201 Å². The van der Waals surface area contributed by atoms with Crippen LogP contribution in [0.1, 0.15) is 110 Å². The molecule has 0 atom stereocenters. The molecule has 2 aromatic rings. The van der Waals surface area contributed by atoms with E-state index >= 15 is 0 Å². The number of nitrogens with zero attached hydrogens (tertiary/aromatic N) is 3. The molecule has 4 N–H and O–H groups in total. The van der Waals surface area contributed by atoms with Crippen LogP contribution in [0.5, 0.6) is 5.75 Å². The highest BCUT2D eigenvalue weighted by molar-refractivity contribution is 5.58. The minimum Gasteiger partial charge on any atom is -0.494 e. The van der Waals surface area contributed by atoms with Gasteiger partial charge in [-0.25, -0.2) is 0 Å². The largest absolute Gasteiger partial charge is 0.494 e. The van der Waals surface area contributed by atoms with Crippen LogP contribution < -0.4 is 16.2 Å². The highest BCUT2D eigenvalue weighted by Crippen LogP contribution is 2.21. The summed E-state index contributed by atoms with van der Waals surface area (Å²) in [4.78, 5) is 12.0. The summed E-state index contributed by atoms with van der Waals surface area (Å²) in [6.07, 6.45) is 22.0. The lowest BCUT2D eigenvalue weighted by atomic mass is 10.0. The van der Waals surface area contributed by atoms with Crippen molar-refractivity contribution in [1.82, 2.24) is 15.0 Å². The molecule has 2 rings (SSSR count). The predicted molar refractivity (Wildman–Crippen MR) is 139 cm³/mol. The molecule has 33 heavy (non-hydrogen) atoms. The standard InChI is InChI=1S/C27H45N5O/c1-2-3-4-5-6-7-8-9-10-11-12-13-14-15-16-17-22-33-24-20-18-23(19-21-24)25-30-26(28)32-27(29)31-25/h18-21H,2-17,22H2,1H3,(H4,28,29,30,31,32). The second kappa shape index (κ2) is 17.2. The number of hydrogen-bond donors (Lipinski definition) is 2. The summed E-state index contributed by atoms with van der Waals surface area (Å²) in [5.41, 5.74) is 12.1. The lowest BCUT2D eigenvalue weighted by molar-refractivity contribution is 0.304. The Bertz CT molecular complexity index is 730. The molecule has 1 aromatic heterocycles. The molecule has 184 valence electrons. The number of nitrogen functional groups attached to an aromatic ring is 2. The van der Waals surface area contributed by atoms with Crippen LogP contribution in [-0.4, -0.2) is 21.6 Å². The Balaban J connectivity index is 1.40. The molecule has 0 saturated heterocycles. The molecule has 0 amide bonds. The highest BCUT2D eigenvalue weighted by Gasteiger charge is 2.05. The average Bonchev–Trinajstić information content (AvgIpc) is 2.81. The van der Waals surface area contributed by atoms with Gasteiger partial charge in [0.05, 0.1) is 6.61 Å². The fourth-order valence-electron chi connectivity index (χ4n) is 4.08. The monoisotopic (exact) mass is 455 g/mol. The highest BCUT2D eigenvalue weighted by atomic mass is 16.5. The zero-order chi connectivity index (χ0) is 23.6. The van der Waals surface area contributed by atoms with E-state index in [-0.39, 0.29) is 11.9 Å². The zero-order valence-electron chi connectivity index (χ0n) is 20.7. The zero-order valence-corrected chi connectivity index (χ0v) is 20.7. The van der Waals surface area contributed by atoms with E-state index in [1.54, 1.807) is 0 Å². The smallest absolute Gasteiger partial charge is 0.225 e. The molecule has 1 heterocycles. The van der Waals surface area contributed by atoms with Gasteiger partial charge in [-0.1, -0.05) is 103 Å². The topological polar surface area (TPSA) is 99.9 Å². The summed E-state index contributed by atoms with van der Waals surface area (Å²) >= 11 is 0. The molecule has 0 unspecified atom stereocenters. The Morgan fingerprint density at radius 1 is 0.576 bits per heavy atom. The van der Waals surface area contributed by atoms with Crippen molar-refractivity contribution in [1.29, 1.82) is 0 Å². The van der Waals surface area contributed by atoms with Crippen LogP contribution in [0.2, 0.25) is 0 Å². The third-order valence-corrected chi connectivity index (χ3v) is 6.05. The molecule has 0 aliphatic carbocycles. The second-order valence-corrected chi connectivity index (χ2v) is 9.05. The van der Waals surface area contributed by atoms with Crippen molar-refractivity contribution in [3.8, 4) is 17.1 Å². The van der Waals surface area contributed by atoms with Gasteiger partial charge in [-0.3, -0.25) is 0 Å². The third-order valence-electron chi connectivity index (χ3n) is 6.05. The number of hydrogen-bond acceptors (Lipinski definition) is 6. The lowest BCUT2D eigenvalue weighted by Crippen LogP contribution is -2.04. The maximum Gasteiger partial charge on any atom is 0.225 e. The summed E-state index contributed by atoms with van der Waals surface area (Å²) in [6.45, 7) is 3.04. The van der Waals surface area contributed by atoms with Gasteiger partial charge in [-0.05, 0) is 30.7 Å². The van der Waals surface area contributed by atoms with E-state index in [1.165, 1.54) is 96.3 Å². The van der Waals surface area contributed by atoms with Crippen LogP contribution in [0.25, 0.3) is 11.4 Å². The minimum absolute atomic E-state index is 0.126. The van der Waals surface area contributed by atoms with Crippen LogP contribution >= 0.6 is 0 Å². The van der Waals surface area contributed by atoms with E-state index in [0.717, 1.165) is 24.3 Å². The molecule has 0 spiro atoms. The van der Waals surface area contributed by atoms with Crippen molar-refractivity contribution in [2.24, 2.45) is 0 Å². The first-order valence-corrected chi connectivity index (χ1v) is 13.2. The van der Waals surface area contributed by atoms with Crippen molar-refractivity contribution in [2.75, 3.05) is 18.1 Å². The van der Waals surface area contributed by atoms with Crippen LogP contribution in [0.3, 0.4) is 0 Å². The molecular formula is C27H45N5O. The molecular weight excluding hydrogens is 410 g/mol. The summed E-state index contributed by atoms with van der Waals surface area (Å²) in [7, 11) is 0. The first-order valence-electron chi connectivity index (χ1n) is 13.2. The molecule has 0 fully saturated rings. The number of aromatic nitrogens is 3. The SMILES string of the molecule is CCCCCCCCCCCCCCCCCCOc1ccc(-c2nc(N)nc(N)n2)cc1. The van der Waals surface area contributed by atoms with Crippen molar-refractivity contribution in [2.45, 2.75) is 110 Å². The number of benzene rings is 1. The predicted octanol–water partition coefficient (Wildman–Crippen LogP) is 7.34. The Morgan fingerprint density at radius 2 is 1.00 bits per heavy atom. The normalized spacial score (nSPS) is 11.1. The van der Waals surface area contributed by atoms with E-state index in [2.05, 4.69) is 21.9 Å². The van der Waals surface area contributed by atoms with Gasteiger partial charge in [-0.15, -0.1) is 0 Å². The van der Waals surface area contributed by atoms with Gasteiger partial charge in [0, 0.05) is 5.56 Å². The number of ether oxygens (including phenoxy) is 1. The molecule has 6 nitrogen and oxygen atoms in total. The maximum atomic E-state index is 5.86. The van der Waals surface area contributed by atoms with Gasteiger partial charge in [-0.2, -0.15) is 15.0 Å². The van der Waals surface area contributed by atoms with E-state index in [4.69, 9.17) is 16.2 Å². The Kier molecular flexibility index (Phi) is 14.0. The summed E-state index contributed by atoms with van der Waals surface area (Å²) in [5, 5.41) is 0. The molecule has 0 radical (unpaired) electrons.